The number of halogens is 1. The summed E-state index contributed by atoms with van der Waals surface area (Å²) < 4.78 is 6.01. The van der Waals surface area contributed by atoms with E-state index in [0.717, 1.165) is 23.2 Å². The second kappa shape index (κ2) is 5.90. The molecule has 2 aromatic carbocycles. The quantitative estimate of drug-likeness (QED) is 0.695. The van der Waals surface area contributed by atoms with Gasteiger partial charge in [-0.25, -0.2) is 0 Å². The maximum absolute atomic E-state index is 11.2. The van der Waals surface area contributed by atoms with Gasteiger partial charge >= 0.3 is 0 Å². The molecule has 0 amide bonds. The van der Waals surface area contributed by atoms with E-state index in [0.29, 0.717) is 16.3 Å². The van der Waals surface area contributed by atoms with E-state index >= 15 is 0 Å². The fourth-order valence-corrected chi connectivity index (χ4v) is 2.39. The van der Waals surface area contributed by atoms with E-state index in [2.05, 4.69) is 32.9 Å². The SMILES string of the molecule is Cc1ccc(C(C)(C)C)c(Oc2c(Cl)cccc2C=O)c1. The van der Waals surface area contributed by atoms with Gasteiger partial charge in [-0.3, -0.25) is 4.79 Å². The van der Waals surface area contributed by atoms with Crippen molar-refractivity contribution in [1.82, 2.24) is 0 Å². The van der Waals surface area contributed by atoms with Crippen LogP contribution in [0.3, 0.4) is 0 Å². The van der Waals surface area contributed by atoms with Crippen LogP contribution in [0.5, 0.6) is 11.5 Å². The number of rotatable bonds is 3. The number of carbonyl (C=O) groups is 1. The van der Waals surface area contributed by atoms with Crippen molar-refractivity contribution in [3.8, 4) is 11.5 Å². The van der Waals surface area contributed by atoms with Gasteiger partial charge in [-0.1, -0.05) is 50.6 Å². The number of para-hydroxylation sites is 1. The summed E-state index contributed by atoms with van der Waals surface area (Å²) in [7, 11) is 0. The summed E-state index contributed by atoms with van der Waals surface area (Å²) in [5, 5.41) is 0.431. The summed E-state index contributed by atoms with van der Waals surface area (Å²) in [5.41, 5.74) is 2.55. The highest BCUT2D eigenvalue weighted by Gasteiger charge is 2.20. The first-order valence-electron chi connectivity index (χ1n) is 6.85. The zero-order chi connectivity index (χ0) is 15.6. The van der Waals surface area contributed by atoms with Crippen molar-refractivity contribution in [1.29, 1.82) is 0 Å². The van der Waals surface area contributed by atoms with Crippen molar-refractivity contribution in [3.63, 3.8) is 0 Å². The fraction of sp³-hybridized carbons (Fsp3) is 0.278. The molecule has 0 atom stereocenters. The molecule has 0 saturated carbocycles. The first kappa shape index (κ1) is 15.6. The standard InChI is InChI=1S/C18H19ClO2/c1-12-8-9-14(18(2,3)4)16(10-12)21-17-13(11-20)6-5-7-15(17)19/h5-11H,1-4H3. The Morgan fingerprint density at radius 1 is 1.14 bits per heavy atom. The average Bonchev–Trinajstić information content (AvgIpc) is 2.39. The smallest absolute Gasteiger partial charge is 0.156 e. The van der Waals surface area contributed by atoms with Crippen molar-refractivity contribution in [2.75, 3.05) is 0 Å². The van der Waals surface area contributed by atoms with E-state index in [9.17, 15) is 4.79 Å². The van der Waals surface area contributed by atoms with Crippen LogP contribution in [0.25, 0.3) is 0 Å². The number of hydrogen-bond donors (Lipinski definition) is 0. The number of aryl methyl sites for hydroxylation is 1. The van der Waals surface area contributed by atoms with E-state index in [1.165, 1.54) is 0 Å². The number of carbonyl (C=O) groups excluding carboxylic acids is 1. The topological polar surface area (TPSA) is 26.3 Å². The van der Waals surface area contributed by atoms with E-state index in [1.54, 1.807) is 18.2 Å². The Morgan fingerprint density at radius 3 is 2.48 bits per heavy atom. The van der Waals surface area contributed by atoms with Crippen LogP contribution in [-0.2, 0) is 5.41 Å². The minimum Gasteiger partial charge on any atom is -0.455 e. The minimum absolute atomic E-state index is 0.0639. The van der Waals surface area contributed by atoms with Gasteiger partial charge in [0.05, 0.1) is 10.6 Å². The zero-order valence-corrected chi connectivity index (χ0v) is 13.5. The Balaban J connectivity index is 2.54. The fourth-order valence-electron chi connectivity index (χ4n) is 2.17. The van der Waals surface area contributed by atoms with E-state index in [-0.39, 0.29) is 5.41 Å². The van der Waals surface area contributed by atoms with Gasteiger partial charge in [0.1, 0.15) is 5.75 Å². The van der Waals surface area contributed by atoms with Gasteiger partial charge < -0.3 is 4.74 Å². The summed E-state index contributed by atoms with van der Waals surface area (Å²) in [5.74, 6) is 1.14. The third-order valence-corrected chi connectivity index (χ3v) is 3.58. The molecule has 2 aromatic rings. The average molecular weight is 303 g/mol. The zero-order valence-electron chi connectivity index (χ0n) is 12.7. The third kappa shape index (κ3) is 3.45. The number of hydrogen-bond acceptors (Lipinski definition) is 2. The lowest BCUT2D eigenvalue weighted by Gasteiger charge is -2.23. The number of aldehydes is 1. The molecule has 0 bridgehead atoms. The molecular weight excluding hydrogens is 284 g/mol. The summed E-state index contributed by atoms with van der Waals surface area (Å²) in [6, 6.07) is 11.2. The minimum atomic E-state index is -0.0639. The molecule has 0 fully saturated rings. The van der Waals surface area contributed by atoms with Crippen LogP contribution in [0.1, 0.15) is 42.3 Å². The highest BCUT2D eigenvalue weighted by molar-refractivity contribution is 6.32. The van der Waals surface area contributed by atoms with Crippen LogP contribution >= 0.6 is 11.6 Å². The molecular formula is C18H19ClO2. The number of benzene rings is 2. The monoisotopic (exact) mass is 302 g/mol. The van der Waals surface area contributed by atoms with Crippen molar-refractivity contribution >= 4 is 17.9 Å². The predicted molar refractivity (Wildman–Crippen MR) is 86.8 cm³/mol. The van der Waals surface area contributed by atoms with Crippen molar-refractivity contribution in [2.24, 2.45) is 0 Å². The van der Waals surface area contributed by atoms with E-state index in [4.69, 9.17) is 16.3 Å². The predicted octanol–water partition coefficient (Wildman–Crippen LogP) is 5.55. The second-order valence-corrected chi connectivity index (χ2v) is 6.53. The van der Waals surface area contributed by atoms with Crippen LogP contribution in [0, 0.1) is 6.92 Å². The first-order valence-corrected chi connectivity index (χ1v) is 7.23. The number of ether oxygens (including phenoxy) is 1. The van der Waals surface area contributed by atoms with Gasteiger partial charge in [0.25, 0.3) is 0 Å². The highest BCUT2D eigenvalue weighted by atomic mass is 35.5. The lowest BCUT2D eigenvalue weighted by molar-refractivity contribution is 0.112. The molecule has 0 aromatic heterocycles. The molecule has 110 valence electrons. The largest absolute Gasteiger partial charge is 0.455 e. The van der Waals surface area contributed by atoms with Gasteiger partial charge in [-0.05, 0) is 36.1 Å². The van der Waals surface area contributed by atoms with Crippen molar-refractivity contribution in [3.05, 3.63) is 58.1 Å². The van der Waals surface area contributed by atoms with Gasteiger partial charge in [-0.15, -0.1) is 0 Å². The third-order valence-electron chi connectivity index (χ3n) is 3.28. The summed E-state index contributed by atoms with van der Waals surface area (Å²) in [6.07, 6.45) is 0.758. The lowest BCUT2D eigenvalue weighted by atomic mass is 9.86. The maximum atomic E-state index is 11.2. The summed E-state index contributed by atoms with van der Waals surface area (Å²) >= 11 is 6.18. The first-order chi connectivity index (χ1) is 9.82. The molecule has 0 N–H and O–H groups in total. The van der Waals surface area contributed by atoms with Gasteiger partial charge in [-0.2, -0.15) is 0 Å². The molecule has 21 heavy (non-hydrogen) atoms. The lowest BCUT2D eigenvalue weighted by Crippen LogP contribution is -2.12. The van der Waals surface area contributed by atoms with Crippen LogP contribution in [0.2, 0.25) is 5.02 Å². The Labute approximate surface area is 130 Å². The van der Waals surface area contributed by atoms with Crippen LogP contribution < -0.4 is 4.74 Å². The molecule has 0 aliphatic carbocycles. The summed E-state index contributed by atoms with van der Waals surface area (Å²) in [6.45, 7) is 8.37. The van der Waals surface area contributed by atoms with Crippen molar-refractivity contribution in [2.45, 2.75) is 33.1 Å². The Morgan fingerprint density at radius 2 is 1.86 bits per heavy atom. The second-order valence-electron chi connectivity index (χ2n) is 6.13. The molecule has 0 aliphatic rings. The normalized spacial score (nSPS) is 11.3. The van der Waals surface area contributed by atoms with E-state index < -0.39 is 0 Å². The maximum Gasteiger partial charge on any atom is 0.156 e. The molecule has 0 aliphatic heterocycles. The Kier molecular flexibility index (Phi) is 4.38. The van der Waals surface area contributed by atoms with Crippen LogP contribution in [-0.4, -0.2) is 6.29 Å². The van der Waals surface area contributed by atoms with Crippen molar-refractivity contribution < 1.29 is 9.53 Å². The molecule has 2 rings (SSSR count). The Bertz CT molecular complexity index is 669. The molecule has 2 nitrogen and oxygen atoms in total. The molecule has 0 heterocycles. The van der Waals surface area contributed by atoms with Gasteiger partial charge in [0.2, 0.25) is 0 Å². The van der Waals surface area contributed by atoms with Gasteiger partial charge in [0, 0.05) is 5.56 Å². The molecule has 0 saturated heterocycles. The molecule has 0 unspecified atom stereocenters. The molecule has 0 spiro atoms. The summed E-state index contributed by atoms with van der Waals surface area (Å²) in [4.78, 5) is 11.2. The molecule has 3 heteroatoms. The van der Waals surface area contributed by atoms with E-state index in [1.807, 2.05) is 13.0 Å². The Hall–Kier alpha value is -1.80. The van der Waals surface area contributed by atoms with Crippen LogP contribution in [0.15, 0.2) is 36.4 Å². The van der Waals surface area contributed by atoms with Gasteiger partial charge in [0.15, 0.2) is 12.0 Å². The van der Waals surface area contributed by atoms with Crippen LogP contribution in [0.4, 0.5) is 0 Å². The highest BCUT2D eigenvalue weighted by Crippen LogP contribution is 2.38. The molecule has 0 radical (unpaired) electrons.